The average molecular weight is 444 g/mol. The third kappa shape index (κ3) is 4.36. The number of aliphatic hydroxyl groups excluding tert-OH is 1. The van der Waals surface area contributed by atoms with Crippen molar-refractivity contribution in [1.82, 2.24) is 4.90 Å². The first-order valence-electron chi connectivity index (χ1n) is 11.6. The number of hydrogen-bond acceptors (Lipinski definition) is 4. The van der Waals surface area contributed by atoms with E-state index in [1.165, 1.54) is 0 Å². The Labute approximate surface area is 194 Å². The first-order valence-corrected chi connectivity index (χ1v) is 11.6. The lowest BCUT2D eigenvalue weighted by molar-refractivity contribution is -0.139. The Kier molecular flexibility index (Phi) is 6.78. The summed E-state index contributed by atoms with van der Waals surface area (Å²) in [7, 11) is 0. The second-order valence-corrected chi connectivity index (χ2v) is 8.29. The summed E-state index contributed by atoms with van der Waals surface area (Å²) in [4.78, 5) is 27.9. The summed E-state index contributed by atoms with van der Waals surface area (Å²) in [5, 5.41) is 13.2. The van der Waals surface area contributed by atoms with Gasteiger partial charge in [-0.15, -0.1) is 0 Å². The number of ether oxygens (including phenoxy) is 1. The van der Waals surface area contributed by atoms with Crippen LogP contribution in [0.25, 0.3) is 16.5 Å². The van der Waals surface area contributed by atoms with E-state index in [0.717, 1.165) is 35.6 Å². The third-order valence-electron chi connectivity index (χ3n) is 6.01. The van der Waals surface area contributed by atoms with Crippen molar-refractivity contribution in [1.29, 1.82) is 0 Å². The van der Waals surface area contributed by atoms with Gasteiger partial charge in [0, 0.05) is 12.1 Å². The zero-order valence-electron chi connectivity index (χ0n) is 19.1. The predicted octanol–water partition coefficient (Wildman–Crippen LogP) is 5.85. The molecule has 0 spiro atoms. The van der Waals surface area contributed by atoms with Crippen LogP contribution in [-0.4, -0.2) is 34.8 Å². The molecule has 33 heavy (non-hydrogen) atoms. The van der Waals surface area contributed by atoms with Crippen molar-refractivity contribution in [3.05, 3.63) is 83.4 Å². The van der Waals surface area contributed by atoms with Crippen molar-refractivity contribution in [3.8, 4) is 5.75 Å². The normalized spacial score (nSPS) is 17.6. The summed E-state index contributed by atoms with van der Waals surface area (Å²) in [5.41, 5.74) is 1.46. The number of hydrogen-bond donors (Lipinski definition) is 1. The van der Waals surface area contributed by atoms with Crippen molar-refractivity contribution in [2.24, 2.45) is 0 Å². The van der Waals surface area contributed by atoms with Crippen molar-refractivity contribution < 1.29 is 19.4 Å². The molecule has 170 valence electrons. The monoisotopic (exact) mass is 443 g/mol. The van der Waals surface area contributed by atoms with E-state index < -0.39 is 17.7 Å². The molecular formula is C28H29NO4. The molecule has 0 aromatic heterocycles. The molecule has 1 aliphatic rings. The molecule has 0 radical (unpaired) electrons. The molecular weight excluding hydrogens is 414 g/mol. The minimum atomic E-state index is -0.646. The van der Waals surface area contributed by atoms with Crippen molar-refractivity contribution in [2.75, 3.05) is 13.2 Å². The summed E-state index contributed by atoms with van der Waals surface area (Å²) >= 11 is 0. The smallest absolute Gasteiger partial charge is 0.295 e. The number of nitrogens with zero attached hydrogens (tertiary/aromatic N) is 1. The molecule has 1 heterocycles. The lowest BCUT2D eigenvalue weighted by atomic mass is 9.91. The van der Waals surface area contributed by atoms with Crippen LogP contribution in [0.5, 0.6) is 5.75 Å². The maximum absolute atomic E-state index is 13.2. The van der Waals surface area contributed by atoms with Gasteiger partial charge in [0.05, 0.1) is 18.2 Å². The number of carbonyl (C=O) groups excluding carboxylic acids is 2. The van der Waals surface area contributed by atoms with Crippen LogP contribution in [0.1, 0.15) is 50.3 Å². The Morgan fingerprint density at radius 2 is 1.67 bits per heavy atom. The highest BCUT2D eigenvalue weighted by Gasteiger charge is 2.46. The highest BCUT2D eigenvalue weighted by Crippen LogP contribution is 2.42. The number of aliphatic hydroxyl groups is 1. The van der Waals surface area contributed by atoms with Gasteiger partial charge in [0.15, 0.2) is 0 Å². The lowest BCUT2D eigenvalue weighted by Gasteiger charge is -2.26. The number of unbranched alkanes of at least 4 members (excludes halogenated alkanes) is 1. The van der Waals surface area contributed by atoms with Crippen LogP contribution in [0, 0.1) is 0 Å². The number of fused-ring (bicyclic) bond motifs is 1. The van der Waals surface area contributed by atoms with Gasteiger partial charge in [-0.2, -0.15) is 0 Å². The number of rotatable bonds is 8. The van der Waals surface area contributed by atoms with E-state index in [2.05, 4.69) is 0 Å². The number of benzene rings is 3. The largest absolute Gasteiger partial charge is 0.507 e. The van der Waals surface area contributed by atoms with Gasteiger partial charge in [-0.1, -0.05) is 62.7 Å². The van der Waals surface area contributed by atoms with E-state index in [-0.39, 0.29) is 11.3 Å². The molecule has 0 saturated carbocycles. The van der Waals surface area contributed by atoms with E-state index in [1.54, 1.807) is 29.2 Å². The molecule has 1 amide bonds. The first kappa shape index (κ1) is 22.6. The van der Waals surface area contributed by atoms with Gasteiger partial charge in [-0.3, -0.25) is 9.59 Å². The summed E-state index contributed by atoms with van der Waals surface area (Å²) in [6, 6.07) is 20.1. The average Bonchev–Trinajstić information content (AvgIpc) is 3.10. The summed E-state index contributed by atoms with van der Waals surface area (Å²) in [5.74, 6) is -0.673. The van der Waals surface area contributed by atoms with Crippen molar-refractivity contribution in [2.45, 2.75) is 39.2 Å². The minimum absolute atomic E-state index is 0.134. The molecule has 0 aliphatic carbocycles. The fourth-order valence-corrected chi connectivity index (χ4v) is 4.34. The number of ketones is 1. The standard InChI is InChI=1S/C28H29NO4/c1-3-5-17-29-25(23-12-8-10-19-9-6-7-11-22(19)23)24(27(31)28(29)32)26(30)20-13-15-21(16-14-20)33-18-4-2/h6-16,25,30H,3-5,17-18H2,1-2H3/b26-24-. The van der Waals surface area contributed by atoms with Crippen LogP contribution >= 0.6 is 0 Å². The molecule has 5 heteroatoms. The van der Waals surface area contributed by atoms with E-state index in [9.17, 15) is 14.7 Å². The molecule has 4 rings (SSSR count). The molecule has 1 fully saturated rings. The third-order valence-corrected chi connectivity index (χ3v) is 6.01. The van der Waals surface area contributed by atoms with Gasteiger partial charge in [0.25, 0.3) is 11.7 Å². The van der Waals surface area contributed by atoms with Crippen molar-refractivity contribution >= 4 is 28.2 Å². The van der Waals surface area contributed by atoms with Gasteiger partial charge in [0.2, 0.25) is 0 Å². The molecule has 1 N–H and O–H groups in total. The molecule has 1 aliphatic heterocycles. The minimum Gasteiger partial charge on any atom is -0.507 e. The van der Waals surface area contributed by atoms with Gasteiger partial charge in [-0.25, -0.2) is 0 Å². The zero-order valence-corrected chi connectivity index (χ0v) is 19.1. The molecule has 3 aromatic rings. The summed E-state index contributed by atoms with van der Waals surface area (Å²) < 4.78 is 5.63. The quantitative estimate of drug-likeness (QED) is 0.269. The Bertz CT molecular complexity index is 1190. The molecule has 3 aromatic carbocycles. The van der Waals surface area contributed by atoms with Gasteiger partial charge in [-0.05, 0) is 53.4 Å². The SMILES string of the molecule is CCCCN1C(=O)C(=O)/C(=C(\O)c2ccc(OCCC)cc2)C1c1cccc2ccccc12. The van der Waals surface area contributed by atoms with Gasteiger partial charge >= 0.3 is 0 Å². The van der Waals surface area contributed by atoms with E-state index >= 15 is 0 Å². The Morgan fingerprint density at radius 1 is 0.939 bits per heavy atom. The summed E-state index contributed by atoms with van der Waals surface area (Å²) in [6.07, 6.45) is 2.57. The van der Waals surface area contributed by atoms with Crippen LogP contribution in [0.4, 0.5) is 0 Å². The Hall–Kier alpha value is -3.60. The molecule has 1 saturated heterocycles. The predicted molar refractivity (Wildman–Crippen MR) is 130 cm³/mol. The van der Waals surface area contributed by atoms with Crippen LogP contribution < -0.4 is 4.74 Å². The number of carbonyl (C=O) groups is 2. The Balaban J connectivity index is 1.85. The number of Topliss-reactive ketones (excluding diaryl/α,β-unsaturated/α-hetero) is 1. The molecule has 5 nitrogen and oxygen atoms in total. The lowest BCUT2D eigenvalue weighted by Crippen LogP contribution is -2.30. The van der Waals surface area contributed by atoms with Gasteiger partial charge < -0.3 is 14.7 Å². The zero-order chi connectivity index (χ0) is 23.4. The van der Waals surface area contributed by atoms with Crippen LogP contribution in [0.3, 0.4) is 0 Å². The molecule has 1 unspecified atom stereocenters. The Morgan fingerprint density at radius 3 is 2.39 bits per heavy atom. The van der Waals surface area contributed by atoms with Gasteiger partial charge in [0.1, 0.15) is 11.5 Å². The number of amides is 1. The summed E-state index contributed by atoms with van der Waals surface area (Å²) in [6.45, 7) is 5.14. The van der Waals surface area contributed by atoms with E-state index in [1.807, 2.05) is 56.3 Å². The van der Waals surface area contributed by atoms with Crippen molar-refractivity contribution in [3.63, 3.8) is 0 Å². The maximum Gasteiger partial charge on any atom is 0.295 e. The maximum atomic E-state index is 13.2. The highest BCUT2D eigenvalue weighted by molar-refractivity contribution is 6.46. The topological polar surface area (TPSA) is 66.8 Å². The molecule has 1 atom stereocenters. The van der Waals surface area contributed by atoms with Crippen LogP contribution in [0.2, 0.25) is 0 Å². The molecule has 0 bridgehead atoms. The highest BCUT2D eigenvalue weighted by atomic mass is 16.5. The second kappa shape index (κ2) is 9.90. The fraction of sp³-hybridized carbons (Fsp3) is 0.286. The fourth-order valence-electron chi connectivity index (χ4n) is 4.34. The first-order chi connectivity index (χ1) is 16.1. The van der Waals surface area contributed by atoms with E-state index in [0.29, 0.717) is 24.5 Å². The second-order valence-electron chi connectivity index (χ2n) is 8.29. The van der Waals surface area contributed by atoms with Crippen LogP contribution in [0.15, 0.2) is 72.3 Å². The van der Waals surface area contributed by atoms with E-state index in [4.69, 9.17) is 4.74 Å². The van der Waals surface area contributed by atoms with Crippen LogP contribution in [-0.2, 0) is 9.59 Å². The number of likely N-dealkylation sites (tertiary alicyclic amines) is 1.